The minimum absolute atomic E-state index is 0.0369. The molecule has 0 unspecified atom stereocenters. The summed E-state index contributed by atoms with van der Waals surface area (Å²) in [6.45, 7) is -0.564. The topological polar surface area (TPSA) is 9.23 Å². The van der Waals surface area contributed by atoms with Gasteiger partial charge in [0.15, 0.2) is 6.61 Å². The Labute approximate surface area is 68.0 Å². The third-order valence-corrected chi connectivity index (χ3v) is 1.08. The van der Waals surface area contributed by atoms with Crippen molar-refractivity contribution in [3.63, 3.8) is 0 Å². The lowest BCUT2D eigenvalue weighted by molar-refractivity contribution is -0.165. The van der Waals surface area contributed by atoms with Gasteiger partial charge in [-0.3, -0.25) is 4.39 Å². The Morgan fingerprint density at radius 3 is 2.33 bits per heavy atom. The number of hydrogen-bond donors (Lipinski definition) is 0. The Morgan fingerprint density at radius 1 is 1.42 bits per heavy atom. The lowest BCUT2D eigenvalue weighted by Gasteiger charge is -2.10. The first kappa shape index (κ1) is 11.3. The van der Waals surface area contributed by atoms with Crippen LogP contribution in [-0.2, 0) is 4.74 Å². The molecule has 1 nitrogen and oxygen atoms in total. The van der Waals surface area contributed by atoms with Crippen molar-refractivity contribution in [2.75, 3.05) is 13.3 Å². The van der Waals surface area contributed by atoms with Gasteiger partial charge in [0.05, 0.1) is 12.4 Å². The SMILES string of the molecule is CC=C(CCF)OCC(F)(F)F. The van der Waals surface area contributed by atoms with Crippen molar-refractivity contribution < 1.29 is 22.3 Å². The molecule has 0 fully saturated rings. The Bertz CT molecular complexity index is 150. The third-order valence-electron chi connectivity index (χ3n) is 1.08. The second-order valence-electron chi connectivity index (χ2n) is 2.10. The van der Waals surface area contributed by atoms with E-state index < -0.39 is 19.5 Å². The molecule has 0 rings (SSSR count). The molecule has 0 spiro atoms. The summed E-state index contributed by atoms with van der Waals surface area (Å²) < 4.78 is 50.6. The van der Waals surface area contributed by atoms with E-state index in [1.165, 1.54) is 13.0 Å². The highest BCUT2D eigenvalue weighted by molar-refractivity contribution is 4.90. The maximum Gasteiger partial charge on any atom is 0.422 e. The van der Waals surface area contributed by atoms with Gasteiger partial charge in [0.2, 0.25) is 0 Å². The van der Waals surface area contributed by atoms with Crippen molar-refractivity contribution in [1.82, 2.24) is 0 Å². The minimum atomic E-state index is -4.36. The normalized spacial score (nSPS) is 13.2. The third kappa shape index (κ3) is 6.00. The molecule has 12 heavy (non-hydrogen) atoms. The first-order valence-corrected chi connectivity index (χ1v) is 3.40. The molecule has 0 aromatic rings. The van der Waals surface area contributed by atoms with Crippen LogP contribution in [-0.4, -0.2) is 19.5 Å². The molecule has 0 bridgehead atoms. The number of allylic oxidation sites excluding steroid dienone is 2. The van der Waals surface area contributed by atoms with Crippen LogP contribution in [0.15, 0.2) is 11.8 Å². The van der Waals surface area contributed by atoms with E-state index in [1.807, 2.05) is 0 Å². The van der Waals surface area contributed by atoms with Gasteiger partial charge in [0, 0.05) is 6.42 Å². The summed E-state index contributed by atoms with van der Waals surface area (Å²) >= 11 is 0. The molecule has 0 saturated carbocycles. The molecule has 5 heteroatoms. The van der Waals surface area contributed by atoms with Crippen molar-refractivity contribution in [1.29, 1.82) is 0 Å². The summed E-state index contributed by atoms with van der Waals surface area (Å²) in [5, 5.41) is 0. The van der Waals surface area contributed by atoms with Gasteiger partial charge in [-0.2, -0.15) is 13.2 Å². The summed E-state index contributed by atoms with van der Waals surface area (Å²) in [4.78, 5) is 0. The van der Waals surface area contributed by atoms with Gasteiger partial charge in [0.1, 0.15) is 0 Å². The largest absolute Gasteiger partial charge is 0.489 e. The summed E-state index contributed by atoms with van der Waals surface area (Å²) in [7, 11) is 0. The fourth-order valence-corrected chi connectivity index (χ4v) is 0.567. The van der Waals surface area contributed by atoms with Crippen LogP contribution in [0.2, 0.25) is 0 Å². The maximum absolute atomic E-state index is 11.6. The van der Waals surface area contributed by atoms with Crippen LogP contribution in [0.3, 0.4) is 0 Å². The average molecular weight is 186 g/mol. The van der Waals surface area contributed by atoms with Crippen LogP contribution in [0.1, 0.15) is 13.3 Å². The summed E-state index contributed by atoms with van der Waals surface area (Å²) in [5.41, 5.74) is 0. The number of halogens is 4. The van der Waals surface area contributed by atoms with Crippen molar-refractivity contribution in [2.45, 2.75) is 19.5 Å². The van der Waals surface area contributed by atoms with Crippen molar-refractivity contribution in [2.24, 2.45) is 0 Å². The zero-order chi connectivity index (χ0) is 9.61. The molecule has 0 aliphatic carbocycles. The average Bonchev–Trinajstić information content (AvgIpc) is 1.96. The fourth-order valence-electron chi connectivity index (χ4n) is 0.567. The molecule has 0 amide bonds. The van der Waals surface area contributed by atoms with Crippen LogP contribution in [0.5, 0.6) is 0 Å². The minimum Gasteiger partial charge on any atom is -0.489 e. The first-order valence-electron chi connectivity index (χ1n) is 3.40. The van der Waals surface area contributed by atoms with Gasteiger partial charge in [0.25, 0.3) is 0 Å². The highest BCUT2D eigenvalue weighted by Crippen LogP contribution is 2.17. The highest BCUT2D eigenvalue weighted by Gasteiger charge is 2.28. The van der Waals surface area contributed by atoms with Crippen LogP contribution in [0.25, 0.3) is 0 Å². The highest BCUT2D eigenvalue weighted by atomic mass is 19.4. The predicted octanol–water partition coefficient (Wildman–Crippen LogP) is 2.83. The molecular formula is C7H10F4O. The molecule has 0 aromatic carbocycles. The molecule has 72 valence electrons. The Kier molecular flexibility index (Phi) is 4.70. The molecule has 0 aliphatic heterocycles. The summed E-state index contributed by atoms with van der Waals surface area (Å²) in [5.74, 6) is 0.0369. The van der Waals surface area contributed by atoms with Crippen LogP contribution >= 0.6 is 0 Å². The van der Waals surface area contributed by atoms with Gasteiger partial charge in [-0.15, -0.1) is 0 Å². The van der Waals surface area contributed by atoms with E-state index in [0.717, 1.165) is 0 Å². The van der Waals surface area contributed by atoms with Gasteiger partial charge < -0.3 is 4.74 Å². The molecule has 0 aliphatic rings. The van der Waals surface area contributed by atoms with Gasteiger partial charge in [-0.25, -0.2) is 0 Å². The quantitative estimate of drug-likeness (QED) is 0.484. The summed E-state index contributed by atoms with van der Waals surface area (Å²) in [6.07, 6.45) is -3.14. The Balaban J connectivity index is 3.74. The summed E-state index contributed by atoms with van der Waals surface area (Å²) in [6, 6.07) is 0. The second-order valence-corrected chi connectivity index (χ2v) is 2.10. The lowest BCUT2D eigenvalue weighted by Crippen LogP contribution is -2.16. The zero-order valence-electron chi connectivity index (χ0n) is 6.62. The maximum atomic E-state index is 11.6. The molecule has 0 saturated heterocycles. The monoisotopic (exact) mass is 186 g/mol. The lowest BCUT2D eigenvalue weighted by atomic mass is 10.3. The Morgan fingerprint density at radius 2 is 2.00 bits per heavy atom. The molecule has 0 aromatic heterocycles. The standard InChI is InChI=1S/C7H10F4O/c1-2-6(3-4-8)12-5-7(9,10)11/h2H,3-5H2,1H3. The van der Waals surface area contributed by atoms with E-state index in [9.17, 15) is 17.6 Å². The predicted molar refractivity (Wildman–Crippen MR) is 36.4 cm³/mol. The van der Waals surface area contributed by atoms with Crippen molar-refractivity contribution >= 4 is 0 Å². The smallest absolute Gasteiger partial charge is 0.422 e. The molecule has 0 radical (unpaired) electrons. The number of hydrogen-bond acceptors (Lipinski definition) is 1. The van der Waals surface area contributed by atoms with Gasteiger partial charge in [-0.05, 0) is 13.0 Å². The molecule has 0 N–H and O–H groups in total. The fraction of sp³-hybridized carbons (Fsp3) is 0.714. The van der Waals surface area contributed by atoms with Gasteiger partial charge in [-0.1, -0.05) is 0 Å². The van der Waals surface area contributed by atoms with E-state index in [-0.39, 0.29) is 12.2 Å². The van der Waals surface area contributed by atoms with E-state index in [0.29, 0.717) is 0 Å². The number of alkyl halides is 4. The Hall–Kier alpha value is -0.740. The number of rotatable bonds is 4. The first-order chi connectivity index (χ1) is 5.49. The van der Waals surface area contributed by atoms with Crippen LogP contribution < -0.4 is 0 Å². The molecule has 0 heterocycles. The van der Waals surface area contributed by atoms with E-state index in [2.05, 4.69) is 4.74 Å². The molecular weight excluding hydrogens is 176 g/mol. The van der Waals surface area contributed by atoms with Crippen molar-refractivity contribution in [3.8, 4) is 0 Å². The second kappa shape index (κ2) is 5.00. The zero-order valence-corrected chi connectivity index (χ0v) is 6.62. The van der Waals surface area contributed by atoms with E-state index >= 15 is 0 Å². The van der Waals surface area contributed by atoms with Crippen molar-refractivity contribution in [3.05, 3.63) is 11.8 Å². The van der Waals surface area contributed by atoms with E-state index in [1.54, 1.807) is 0 Å². The van der Waals surface area contributed by atoms with E-state index in [4.69, 9.17) is 0 Å². The number of ether oxygens (including phenoxy) is 1. The van der Waals surface area contributed by atoms with Crippen LogP contribution in [0, 0.1) is 0 Å². The van der Waals surface area contributed by atoms with Gasteiger partial charge >= 0.3 is 6.18 Å². The molecule has 0 atom stereocenters. The van der Waals surface area contributed by atoms with Crippen LogP contribution in [0.4, 0.5) is 17.6 Å².